The number of fused-ring (bicyclic) bond motifs is 1. The van der Waals surface area contributed by atoms with Crippen molar-refractivity contribution in [2.75, 3.05) is 4.90 Å². The van der Waals surface area contributed by atoms with E-state index in [2.05, 4.69) is 16.6 Å². The van der Waals surface area contributed by atoms with Crippen molar-refractivity contribution in [2.24, 2.45) is 4.99 Å². The van der Waals surface area contributed by atoms with Crippen molar-refractivity contribution < 1.29 is 26.7 Å². The molecule has 0 unspecified atom stereocenters. The van der Waals surface area contributed by atoms with Crippen LogP contribution in [-0.2, 0) is 19.1 Å². The number of anilines is 1. The molecule has 4 rings (SSSR count). The molecule has 2 aromatic carbocycles. The first-order valence-corrected chi connectivity index (χ1v) is 11.3. The topological polar surface area (TPSA) is 61.5 Å². The summed E-state index contributed by atoms with van der Waals surface area (Å²) in [6.07, 6.45) is -2.37. The van der Waals surface area contributed by atoms with E-state index in [1.807, 2.05) is 13.8 Å². The van der Waals surface area contributed by atoms with Gasteiger partial charge in [0.2, 0.25) is 5.88 Å². The van der Waals surface area contributed by atoms with Crippen LogP contribution in [0.15, 0.2) is 54.2 Å². The van der Waals surface area contributed by atoms with Crippen LogP contribution in [0.4, 0.5) is 27.6 Å². The smallest absolute Gasteiger partial charge is 0.421 e. The summed E-state index contributed by atoms with van der Waals surface area (Å²) in [5.41, 5.74) is 1.04. The molecule has 0 N–H and O–H groups in total. The summed E-state index contributed by atoms with van der Waals surface area (Å²) in [7, 11) is 0. The molecule has 0 radical (unpaired) electrons. The molecule has 0 spiro atoms. The van der Waals surface area contributed by atoms with E-state index in [0.717, 1.165) is 18.3 Å². The summed E-state index contributed by atoms with van der Waals surface area (Å²) in [6.45, 7) is 9.48. The SMILES string of the molecule is C=C1N=CN(Cc2c(C)cc(F)cc2F)c2ccc(Oc3ncc(CC#N)cc3C(F)(F)F)cc21.CC. The Labute approximate surface area is 211 Å². The van der Waals surface area contributed by atoms with E-state index in [1.54, 1.807) is 24.0 Å². The lowest BCUT2D eigenvalue weighted by molar-refractivity contribution is -0.138. The lowest BCUT2D eigenvalue weighted by Crippen LogP contribution is -2.25. The summed E-state index contributed by atoms with van der Waals surface area (Å²) in [5, 5.41) is 8.76. The van der Waals surface area contributed by atoms with E-state index < -0.39 is 29.3 Å². The van der Waals surface area contributed by atoms with Crippen LogP contribution in [0, 0.1) is 29.9 Å². The number of pyridine rings is 1. The van der Waals surface area contributed by atoms with Crippen molar-refractivity contribution in [3.63, 3.8) is 0 Å². The predicted octanol–water partition coefficient (Wildman–Crippen LogP) is 7.59. The van der Waals surface area contributed by atoms with Crippen molar-refractivity contribution in [3.05, 3.63) is 88.6 Å². The van der Waals surface area contributed by atoms with E-state index in [-0.39, 0.29) is 29.8 Å². The van der Waals surface area contributed by atoms with Crippen molar-refractivity contribution in [1.29, 1.82) is 5.26 Å². The molecule has 0 aliphatic carbocycles. The molecule has 2 heterocycles. The third kappa shape index (κ3) is 6.12. The molecular formula is C27H23F5N4O. The van der Waals surface area contributed by atoms with Crippen LogP contribution in [0.5, 0.6) is 11.6 Å². The molecule has 1 aliphatic heterocycles. The summed E-state index contributed by atoms with van der Waals surface area (Å²) in [4.78, 5) is 9.57. The highest BCUT2D eigenvalue weighted by atomic mass is 19.4. The van der Waals surface area contributed by atoms with Crippen molar-refractivity contribution >= 4 is 17.7 Å². The Kier molecular flexibility index (Phi) is 8.28. The number of hydrogen-bond donors (Lipinski definition) is 0. The summed E-state index contributed by atoms with van der Waals surface area (Å²) >= 11 is 0. The number of rotatable bonds is 5. The Hall–Kier alpha value is -4.26. The number of nitriles is 1. The van der Waals surface area contributed by atoms with E-state index in [9.17, 15) is 22.0 Å². The zero-order chi connectivity index (χ0) is 27.3. The number of hydrogen-bond acceptors (Lipinski definition) is 5. The van der Waals surface area contributed by atoms with Gasteiger partial charge in [0.15, 0.2) is 0 Å². The number of alkyl halides is 3. The first kappa shape index (κ1) is 27.3. The van der Waals surface area contributed by atoms with Crippen LogP contribution in [0.25, 0.3) is 5.70 Å². The number of aliphatic imine (C=N–C) groups is 1. The average Bonchev–Trinajstić information content (AvgIpc) is 2.84. The predicted molar refractivity (Wildman–Crippen MR) is 131 cm³/mol. The molecule has 10 heteroatoms. The number of nitrogens with zero attached hydrogens (tertiary/aromatic N) is 4. The molecular weight excluding hydrogens is 491 g/mol. The van der Waals surface area contributed by atoms with Crippen LogP contribution in [0.1, 0.15) is 41.7 Å². The van der Waals surface area contributed by atoms with Crippen LogP contribution >= 0.6 is 0 Å². The molecule has 0 amide bonds. The van der Waals surface area contributed by atoms with Gasteiger partial charge in [0.1, 0.15) is 22.9 Å². The molecule has 0 saturated carbocycles. The fraction of sp³-hybridized carbons (Fsp3) is 0.222. The van der Waals surface area contributed by atoms with Gasteiger partial charge >= 0.3 is 6.18 Å². The van der Waals surface area contributed by atoms with Gasteiger partial charge in [-0.25, -0.2) is 18.8 Å². The second kappa shape index (κ2) is 11.2. The highest BCUT2D eigenvalue weighted by molar-refractivity contribution is 5.94. The number of aryl methyl sites for hydroxylation is 1. The van der Waals surface area contributed by atoms with Gasteiger partial charge < -0.3 is 9.64 Å². The van der Waals surface area contributed by atoms with Gasteiger partial charge in [-0.2, -0.15) is 18.4 Å². The minimum absolute atomic E-state index is 0.0437. The van der Waals surface area contributed by atoms with Gasteiger partial charge in [0, 0.05) is 23.4 Å². The largest absolute Gasteiger partial charge is 0.438 e. The second-order valence-corrected chi connectivity index (χ2v) is 7.81. The Morgan fingerprint density at radius 2 is 1.84 bits per heavy atom. The van der Waals surface area contributed by atoms with Gasteiger partial charge in [-0.3, -0.25) is 0 Å². The van der Waals surface area contributed by atoms with Gasteiger partial charge in [0.05, 0.1) is 36.8 Å². The molecule has 5 nitrogen and oxygen atoms in total. The van der Waals surface area contributed by atoms with Crippen LogP contribution < -0.4 is 9.64 Å². The van der Waals surface area contributed by atoms with Gasteiger partial charge in [-0.1, -0.05) is 20.4 Å². The molecule has 1 aliphatic rings. The minimum Gasteiger partial charge on any atom is -0.438 e. The molecule has 3 aromatic rings. The molecule has 192 valence electrons. The zero-order valence-corrected chi connectivity index (χ0v) is 20.3. The third-order valence-electron chi connectivity index (χ3n) is 5.36. The standard InChI is InChI=1S/C25H17F5N4O.C2H6/c1-14-7-17(26)9-22(27)20(14)12-34-13-33-15(2)19-10-18(3-4-23(19)34)35-24-21(25(28,29)30)8-16(5-6-31)11-32-24;1-2/h3-4,7-11,13H,2,5,12H2,1H3;1-2H3. The second-order valence-electron chi connectivity index (χ2n) is 7.81. The highest BCUT2D eigenvalue weighted by Crippen LogP contribution is 2.40. The molecule has 0 atom stereocenters. The number of benzene rings is 2. The van der Waals surface area contributed by atoms with Crippen LogP contribution in [0.3, 0.4) is 0 Å². The highest BCUT2D eigenvalue weighted by Gasteiger charge is 2.36. The Bertz CT molecular complexity index is 1370. The number of ether oxygens (including phenoxy) is 1. The quantitative estimate of drug-likeness (QED) is 0.329. The molecule has 0 saturated heterocycles. The molecule has 0 fully saturated rings. The van der Waals surface area contributed by atoms with Crippen molar-refractivity contribution in [1.82, 2.24) is 4.98 Å². The summed E-state index contributed by atoms with van der Waals surface area (Å²) in [5.74, 6) is -1.99. The maximum absolute atomic E-state index is 14.4. The fourth-order valence-electron chi connectivity index (χ4n) is 3.64. The van der Waals surface area contributed by atoms with Crippen molar-refractivity contribution in [3.8, 4) is 17.7 Å². The fourth-order valence-corrected chi connectivity index (χ4v) is 3.64. The van der Waals surface area contributed by atoms with Crippen LogP contribution in [-0.4, -0.2) is 11.3 Å². The molecule has 0 bridgehead atoms. The first-order valence-electron chi connectivity index (χ1n) is 11.3. The maximum atomic E-state index is 14.4. The maximum Gasteiger partial charge on any atom is 0.421 e. The zero-order valence-electron chi connectivity index (χ0n) is 20.3. The number of aromatic nitrogens is 1. The lowest BCUT2D eigenvalue weighted by Gasteiger charge is -2.27. The van der Waals surface area contributed by atoms with Gasteiger partial charge in [-0.15, -0.1) is 0 Å². The van der Waals surface area contributed by atoms with Gasteiger partial charge in [0.25, 0.3) is 0 Å². The average molecular weight is 514 g/mol. The van der Waals surface area contributed by atoms with E-state index in [0.29, 0.717) is 22.5 Å². The Morgan fingerprint density at radius 1 is 1.11 bits per heavy atom. The third-order valence-corrected chi connectivity index (χ3v) is 5.36. The van der Waals surface area contributed by atoms with Gasteiger partial charge in [-0.05, 0) is 48.4 Å². The minimum atomic E-state index is -4.75. The molecule has 1 aromatic heterocycles. The van der Waals surface area contributed by atoms with E-state index >= 15 is 0 Å². The Morgan fingerprint density at radius 3 is 2.49 bits per heavy atom. The van der Waals surface area contributed by atoms with E-state index in [1.165, 1.54) is 24.5 Å². The van der Waals surface area contributed by atoms with E-state index in [4.69, 9.17) is 10.00 Å². The lowest BCUT2D eigenvalue weighted by atomic mass is 10.0. The van der Waals surface area contributed by atoms with Crippen LogP contribution in [0.2, 0.25) is 0 Å². The molecule has 37 heavy (non-hydrogen) atoms. The number of halogens is 5. The summed E-state index contributed by atoms with van der Waals surface area (Å²) < 4.78 is 74.0. The summed E-state index contributed by atoms with van der Waals surface area (Å²) in [6, 6.07) is 9.11. The van der Waals surface area contributed by atoms with Crippen molar-refractivity contribution in [2.45, 2.75) is 39.9 Å². The normalized spacial score (nSPS) is 12.4. The monoisotopic (exact) mass is 514 g/mol. The first-order chi connectivity index (χ1) is 17.6. The Balaban J connectivity index is 0.00000186.